The number of aromatic nitrogens is 5. The van der Waals surface area contributed by atoms with Crippen LogP contribution in [0.25, 0.3) is 0 Å². The van der Waals surface area contributed by atoms with E-state index in [2.05, 4.69) is 30.6 Å². The third-order valence-corrected chi connectivity index (χ3v) is 5.76. The third-order valence-electron chi connectivity index (χ3n) is 5.76. The van der Waals surface area contributed by atoms with Gasteiger partial charge in [-0.2, -0.15) is 19.0 Å². The van der Waals surface area contributed by atoms with E-state index < -0.39 is 17.8 Å². The standard InChI is InChI=1S/C25H27F3N6O3/c1-25(27,28)37-20-9-10-21(26)17(12-20)14-29-24(36)22-15-34(33-32-22)11-3-2-4-18-7-8-19(31-30-18)13-23(35)16-5-6-16/h7-10,12,15-16H,2-6,11,13-14H2,1H3,(H,29,36). The highest BCUT2D eigenvalue weighted by Gasteiger charge is 2.29. The van der Waals surface area contributed by atoms with Crippen LogP contribution in [0, 0.1) is 11.7 Å². The van der Waals surface area contributed by atoms with Crippen LogP contribution in [0.3, 0.4) is 0 Å². The molecule has 1 aliphatic rings. The molecule has 1 N–H and O–H groups in total. The third kappa shape index (κ3) is 8.09. The lowest BCUT2D eigenvalue weighted by Crippen LogP contribution is -2.24. The molecule has 1 fully saturated rings. The molecule has 0 atom stereocenters. The molecule has 0 spiro atoms. The van der Waals surface area contributed by atoms with Gasteiger partial charge in [-0.05, 0) is 62.4 Å². The predicted octanol–water partition coefficient (Wildman–Crippen LogP) is 3.67. The second-order valence-electron chi connectivity index (χ2n) is 9.10. The number of benzene rings is 1. The highest BCUT2D eigenvalue weighted by molar-refractivity contribution is 5.91. The SMILES string of the molecule is CC(F)(F)Oc1ccc(F)c(CNC(=O)c2cn(CCCCc3ccc(CC(=O)C4CC4)nn3)nn2)c1. The molecule has 1 aromatic carbocycles. The number of ketones is 1. The van der Waals surface area contributed by atoms with Crippen molar-refractivity contribution in [3.8, 4) is 5.75 Å². The maximum Gasteiger partial charge on any atom is 0.394 e. The number of carbonyl (C=O) groups excluding carboxylic acids is 2. The van der Waals surface area contributed by atoms with Crippen molar-refractivity contribution in [2.45, 2.75) is 64.6 Å². The van der Waals surface area contributed by atoms with Gasteiger partial charge in [0.1, 0.15) is 17.3 Å². The zero-order valence-electron chi connectivity index (χ0n) is 20.3. The summed E-state index contributed by atoms with van der Waals surface area (Å²) in [4.78, 5) is 24.2. The van der Waals surface area contributed by atoms with Gasteiger partial charge in [0.2, 0.25) is 0 Å². The molecule has 37 heavy (non-hydrogen) atoms. The highest BCUT2D eigenvalue weighted by Crippen LogP contribution is 2.30. The van der Waals surface area contributed by atoms with Crippen molar-refractivity contribution < 1.29 is 27.5 Å². The summed E-state index contributed by atoms with van der Waals surface area (Å²) in [5.41, 5.74) is 1.58. The maximum atomic E-state index is 14.0. The summed E-state index contributed by atoms with van der Waals surface area (Å²) in [6.45, 7) is 0.868. The molecule has 9 nitrogen and oxygen atoms in total. The topological polar surface area (TPSA) is 112 Å². The Morgan fingerprint density at radius 1 is 1.11 bits per heavy atom. The van der Waals surface area contributed by atoms with Crippen LogP contribution in [0.4, 0.5) is 13.2 Å². The minimum atomic E-state index is -3.41. The van der Waals surface area contributed by atoms with Crippen molar-refractivity contribution in [1.82, 2.24) is 30.5 Å². The Hall–Kier alpha value is -3.83. The number of hydrogen-bond donors (Lipinski definition) is 1. The number of Topliss-reactive ketones (excluding diaryl/α,β-unsaturated/α-hetero) is 1. The van der Waals surface area contributed by atoms with Gasteiger partial charge in [0.05, 0.1) is 24.0 Å². The summed E-state index contributed by atoms with van der Waals surface area (Å²) in [5.74, 6) is -1.01. The molecule has 2 heterocycles. The monoisotopic (exact) mass is 516 g/mol. The van der Waals surface area contributed by atoms with Crippen LogP contribution in [0.1, 0.15) is 60.0 Å². The largest absolute Gasteiger partial charge is 0.433 e. The number of unbranched alkanes of at least 4 members (excludes halogenated alkanes) is 1. The molecule has 0 bridgehead atoms. The smallest absolute Gasteiger partial charge is 0.394 e. The summed E-state index contributed by atoms with van der Waals surface area (Å²) in [7, 11) is 0. The van der Waals surface area contributed by atoms with Crippen LogP contribution >= 0.6 is 0 Å². The van der Waals surface area contributed by atoms with Gasteiger partial charge in [-0.25, -0.2) is 4.39 Å². The Bertz CT molecular complexity index is 1240. The molecule has 1 aliphatic carbocycles. The van der Waals surface area contributed by atoms with Crippen molar-refractivity contribution >= 4 is 11.7 Å². The van der Waals surface area contributed by atoms with Gasteiger partial charge in [0.15, 0.2) is 5.69 Å². The van der Waals surface area contributed by atoms with Crippen molar-refractivity contribution in [2.75, 3.05) is 0 Å². The molecule has 1 amide bonds. The lowest BCUT2D eigenvalue weighted by Gasteiger charge is -2.14. The predicted molar refractivity (Wildman–Crippen MR) is 125 cm³/mol. The molecule has 0 radical (unpaired) electrons. The van der Waals surface area contributed by atoms with E-state index in [-0.39, 0.29) is 35.3 Å². The number of rotatable bonds is 13. The van der Waals surface area contributed by atoms with E-state index >= 15 is 0 Å². The van der Waals surface area contributed by atoms with Gasteiger partial charge >= 0.3 is 6.11 Å². The lowest BCUT2D eigenvalue weighted by molar-refractivity contribution is -0.159. The van der Waals surface area contributed by atoms with Crippen molar-refractivity contribution in [1.29, 1.82) is 0 Å². The van der Waals surface area contributed by atoms with Crippen LogP contribution < -0.4 is 10.1 Å². The second kappa shape index (κ2) is 11.5. The average molecular weight is 517 g/mol. The Kier molecular flexibility index (Phi) is 8.14. The van der Waals surface area contributed by atoms with Crippen LogP contribution in [-0.2, 0) is 30.7 Å². The minimum Gasteiger partial charge on any atom is -0.433 e. The Morgan fingerprint density at radius 3 is 2.57 bits per heavy atom. The Labute approximate surface area is 211 Å². The molecule has 196 valence electrons. The number of nitrogens with zero attached hydrogens (tertiary/aromatic N) is 5. The number of hydrogen-bond acceptors (Lipinski definition) is 7. The van der Waals surface area contributed by atoms with Crippen molar-refractivity contribution in [2.24, 2.45) is 5.92 Å². The van der Waals surface area contributed by atoms with E-state index in [0.29, 0.717) is 32.0 Å². The van der Waals surface area contributed by atoms with E-state index in [1.807, 2.05) is 12.1 Å². The molecule has 2 aromatic heterocycles. The summed E-state index contributed by atoms with van der Waals surface area (Å²) in [6.07, 6.45) is 2.66. The summed E-state index contributed by atoms with van der Waals surface area (Å²) in [6, 6.07) is 6.92. The second-order valence-corrected chi connectivity index (χ2v) is 9.10. The van der Waals surface area contributed by atoms with E-state index in [4.69, 9.17) is 0 Å². The molecule has 4 rings (SSSR count). The van der Waals surface area contributed by atoms with Gasteiger partial charge in [-0.1, -0.05) is 5.21 Å². The van der Waals surface area contributed by atoms with Gasteiger partial charge in [0, 0.05) is 31.5 Å². The first-order valence-corrected chi connectivity index (χ1v) is 12.0. The first-order valence-electron chi connectivity index (χ1n) is 12.0. The fourth-order valence-electron chi connectivity index (χ4n) is 3.66. The van der Waals surface area contributed by atoms with Crippen LogP contribution in [0.2, 0.25) is 0 Å². The van der Waals surface area contributed by atoms with Gasteiger partial charge in [0.25, 0.3) is 5.91 Å². The summed E-state index contributed by atoms with van der Waals surface area (Å²) in [5, 5.41) is 18.6. The highest BCUT2D eigenvalue weighted by atomic mass is 19.3. The molecule has 0 aliphatic heterocycles. The summed E-state index contributed by atoms with van der Waals surface area (Å²) < 4.78 is 46.0. The van der Waals surface area contributed by atoms with Gasteiger partial charge < -0.3 is 10.1 Å². The molecule has 0 saturated heterocycles. The van der Waals surface area contributed by atoms with E-state index in [9.17, 15) is 22.8 Å². The normalized spacial score (nSPS) is 13.4. The summed E-state index contributed by atoms with van der Waals surface area (Å²) >= 11 is 0. The van der Waals surface area contributed by atoms with Crippen molar-refractivity contribution in [3.05, 3.63) is 65.0 Å². The number of carbonyl (C=O) groups is 2. The molecular weight excluding hydrogens is 489 g/mol. The Morgan fingerprint density at radius 2 is 1.86 bits per heavy atom. The maximum absolute atomic E-state index is 14.0. The average Bonchev–Trinajstić information content (AvgIpc) is 3.60. The molecule has 0 unspecified atom stereocenters. The molecule has 1 saturated carbocycles. The fourth-order valence-corrected chi connectivity index (χ4v) is 3.66. The van der Waals surface area contributed by atoms with E-state index in [0.717, 1.165) is 49.6 Å². The number of amides is 1. The van der Waals surface area contributed by atoms with Gasteiger partial charge in [-0.15, -0.1) is 5.10 Å². The zero-order valence-corrected chi connectivity index (χ0v) is 20.3. The van der Waals surface area contributed by atoms with E-state index in [1.165, 1.54) is 10.9 Å². The van der Waals surface area contributed by atoms with Crippen molar-refractivity contribution in [3.63, 3.8) is 0 Å². The minimum absolute atomic E-state index is 0.00635. The lowest BCUT2D eigenvalue weighted by atomic mass is 10.1. The molecule has 12 heteroatoms. The van der Waals surface area contributed by atoms with E-state index in [1.54, 1.807) is 0 Å². The first-order chi connectivity index (χ1) is 17.7. The first kappa shape index (κ1) is 26.2. The van der Waals surface area contributed by atoms with Gasteiger partial charge in [-0.3, -0.25) is 14.3 Å². The number of ether oxygens (including phenoxy) is 1. The zero-order chi connectivity index (χ0) is 26.4. The molecule has 3 aromatic rings. The van der Waals surface area contributed by atoms with Crippen LogP contribution in [0.15, 0.2) is 36.5 Å². The number of nitrogens with one attached hydrogen (secondary N) is 1. The quantitative estimate of drug-likeness (QED) is 0.345. The fraction of sp³-hybridized carbons (Fsp3) is 0.440. The number of alkyl halides is 2. The Balaban J connectivity index is 1.19. The van der Waals surface area contributed by atoms with Crippen LogP contribution in [-0.4, -0.2) is 43.0 Å². The number of aryl methyl sites for hydroxylation is 2. The van der Waals surface area contributed by atoms with Crippen LogP contribution in [0.5, 0.6) is 5.75 Å². The number of halogens is 3. The molecular formula is C25H27F3N6O3.